The van der Waals surface area contributed by atoms with Gasteiger partial charge >= 0.3 is 0 Å². The van der Waals surface area contributed by atoms with Crippen LogP contribution in [0.3, 0.4) is 0 Å². The highest BCUT2D eigenvalue weighted by Crippen LogP contribution is 2.17. The minimum absolute atomic E-state index is 0.188. The summed E-state index contributed by atoms with van der Waals surface area (Å²) in [5, 5.41) is 2.73. The van der Waals surface area contributed by atoms with Crippen molar-refractivity contribution in [3.8, 4) is 11.5 Å². The summed E-state index contributed by atoms with van der Waals surface area (Å²) in [4.78, 5) is 11.6. The lowest BCUT2D eigenvalue weighted by molar-refractivity contribution is -0.116. The number of carbonyl (C=O) groups is 1. The highest BCUT2D eigenvalue weighted by Gasteiger charge is 1.98. The summed E-state index contributed by atoms with van der Waals surface area (Å²) in [7, 11) is 0. The summed E-state index contributed by atoms with van der Waals surface area (Å²) in [6, 6.07) is 10.9. The van der Waals surface area contributed by atoms with Crippen molar-refractivity contribution in [1.29, 1.82) is 0 Å². The minimum atomic E-state index is -0.188. The second-order valence-corrected chi connectivity index (χ2v) is 4.39. The Morgan fingerprint density at radius 3 is 2.55 bits per heavy atom. The molecule has 2 rings (SSSR count). The van der Waals surface area contributed by atoms with Gasteiger partial charge in [-0.1, -0.05) is 0 Å². The van der Waals surface area contributed by atoms with Crippen LogP contribution in [0.2, 0.25) is 0 Å². The molecule has 0 radical (unpaired) electrons. The number of furan rings is 1. The Hall–Kier alpha value is -2.69. The van der Waals surface area contributed by atoms with E-state index in [9.17, 15) is 4.79 Å². The van der Waals surface area contributed by atoms with Gasteiger partial charge < -0.3 is 19.2 Å². The van der Waals surface area contributed by atoms with E-state index in [0.717, 1.165) is 11.5 Å². The lowest BCUT2D eigenvalue weighted by Gasteiger charge is -2.08. The first-order valence-corrected chi connectivity index (χ1v) is 7.13. The molecule has 0 bridgehead atoms. The molecule has 5 heteroatoms. The highest BCUT2D eigenvalue weighted by molar-refractivity contribution is 5.91. The van der Waals surface area contributed by atoms with Crippen LogP contribution in [0.25, 0.3) is 6.08 Å². The third-order valence-electron chi connectivity index (χ3n) is 2.75. The van der Waals surface area contributed by atoms with E-state index in [1.807, 2.05) is 31.2 Å². The van der Waals surface area contributed by atoms with Crippen molar-refractivity contribution >= 4 is 12.0 Å². The van der Waals surface area contributed by atoms with Gasteiger partial charge in [0.05, 0.1) is 19.4 Å². The number of amides is 1. The van der Waals surface area contributed by atoms with Gasteiger partial charge in [-0.05, 0) is 49.4 Å². The number of hydrogen-bond donors (Lipinski definition) is 1. The summed E-state index contributed by atoms with van der Waals surface area (Å²) in [6.07, 6.45) is 4.60. The van der Waals surface area contributed by atoms with E-state index >= 15 is 0 Å². The Balaban J connectivity index is 1.65. The van der Waals surface area contributed by atoms with Crippen molar-refractivity contribution in [1.82, 2.24) is 5.32 Å². The van der Waals surface area contributed by atoms with Crippen LogP contribution < -0.4 is 14.8 Å². The van der Waals surface area contributed by atoms with E-state index in [1.54, 1.807) is 24.5 Å². The molecule has 0 aliphatic rings. The average Bonchev–Trinajstić information content (AvgIpc) is 3.05. The molecular weight excluding hydrogens is 282 g/mol. The molecule has 1 aromatic carbocycles. The van der Waals surface area contributed by atoms with E-state index in [-0.39, 0.29) is 5.91 Å². The summed E-state index contributed by atoms with van der Waals surface area (Å²) in [5.74, 6) is 2.00. The molecule has 0 aliphatic heterocycles. The SMILES string of the molecule is CCOc1ccc(OCCNC(=O)/C=C/c2ccco2)cc1. The van der Waals surface area contributed by atoms with Crippen LogP contribution in [0, 0.1) is 0 Å². The smallest absolute Gasteiger partial charge is 0.244 e. The van der Waals surface area contributed by atoms with Gasteiger partial charge in [-0.2, -0.15) is 0 Å². The highest BCUT2D eigenvalue weighted by atomic mass is 16.5. The van der Waals surface area contributed by atoms with Crippen LogP contribution in [0.15, 0.2) is 53.2 Å². The maximum Gasteiger partial charge on any atom is 0.244 e. The van der Waals surface area contributed by atoms with Gasteiger partial charge in [0.25, 0.3) is 0 Å². The Morgan fingerprint density at radius 2 is 1.91 bits per heavy atom. The monoisotopic (exact) mass is 301 g/mol. The molecular formula is C17H19NO4. The van der Waals surface area contributed by atoms with Crippen molar-refractivity contribution in [2.45, 2.75) is 6.92 Å². The molecule has 0 aliphatic carbocycles. The molecule has 0 saturated heterocycles. The Bertz CT molecular complexity index is 588. The predicted octanol–water partition coefficient (Wildman–Crippen LogP) is 2.89. The Morgan fingerprint density at radius 1 is 1.18 bits per heavy atom. The topological polar surface area (TPSA) is 60.7 Å². The Kier molecular flexibility index (Phi) is 6.11. The van der Waals surface area contributed by atoms with Crippen LogP contribution in [0.5, 0.6) is 11.5 Å². The molecule has 0 unspecified atom stereocenters. The first-order chi connectivity index (χ1) is 10.8. The van der Waals surface area contributed by atoms with Crippen molar-refractivity contribution in [3.05, 3.63) is 54.5 Å². The maximum atomic E-state index is 11.6. The zero-order valence-electron chi connectivity index (χ0n) is 12.5. The largest absolute Gasteiger partial charge is 0.494 e. The summed E-state index contributed by atoms with van der Waals surface area (Å²) >= 11 is 0. The van der Waals surface area contributed by atoms with Crippen LogP contribution in [-0.4, -0.2) is 25.7 Å². The first-order valence-electron chi connectivity index (χ1n) is 7.13. The molecule has 1 aromatic heterocycles. The molecule has 0 fully saturated rings. The summed E-state index contributed by atoms with van der Waals surface area (Å²) < 4.78 is 16.0. The molecule has 1 N–H and O–H groups in total. The van der Waals surface area contributed by atoms with Crippen LogP contribution in [0.1, 0.15) is 12.7 Å². The fraction of sp³-hybridized carbons (Fsp3) is 0.235. The zero-order chi connectivity index (χ0) is 15.6. The number of carbonyl (C=O) groups excluding carboxylic acids is 1. The standard InChI is InChI=1S/C17H19NO4/c1-2-20-15-5-7-16(8-6-15)22-13-11-18-17(19)10-9-14-4-3-12-21-14/h3-10,12H,2,11,13H2,1H3,(H,18,19)/b10-9+. The molecule has 1 amide bonds. The number of benzene rings is 1. The molecule has 116 valence electrons. The Labute approximate surface area is 129 Å². The number of ether oxygens (including phenoxy) is 2. The number of nitrogens with one attached hydrogen (secondary N) is 1. The van der Waals surface area contributed by atoms with Crippen molar-refractivity contribution in [2.24, 2.45) is 0 Å². The van der Waals surface area contributed by atoms with Crippen molar-refractivity contribution < 1.29 is 18.7 Å². The number of hydrogen-bond acceptors (Lipinski definition) is 4. The van der Waals surface area contributed by atoms with Gasteiger partial charge in [0.2, 0.25) is 5.91 Å². The predicted molar refractivity (Wildman–Crippen MR) is 83.9 cm³/mol. The zero-order valence-corrected chi connectivity index (χ0v) is 12.5. The molecule has 0 spiro atoms. The maximum absolute atomic E-state index is 11.6. The van der Waals surface area contributed by atoms with Gasteiger partial charge in [0, 0.05) is 6.08 Å². The third-order valence-corrected chi connectivity index (χ3v) is 2.75. The quantitative estimate of drug-likeness (QED) is 0.601. The molecule has 0 saturated carbocycles. The van der Waals surface area contributed by atoms with Crippen LogP contribution >= 0.6 is 0 Å². The minimum Gasteiger partial charge on any atom is -0.494 e. The summed E-state index contributed by atoms with van der Waals surface area (Å²) in [5.41, 5.74) is 0. The lowest BCUT2D eigenvalue weighted by Crippen LogP contribution is -2.26. The van der Waals surface area contributed by atoms with Gasteiger partial charge in [0.15, 0.2) is 0 Å². The van der Waals surface area contributed by atoms with E-state index in [4.69, 9.17) is 13.9 Å². The second kappa shape index (κ2) is 8.56. The normalized spacial score (nSPS) is 10.6. The average molecular weight is 301 g/mol. The van der Waals surface area contributed by atoms with E-state index in [1.165, 1.54) is 6.08 Å². The molecule has 2 aromatic rings. The molecule has 1 heterocycles. The van der Waals surface area contributed by atoms with E-state index in [2.05, 4.69) is 5.32 Å². The van der Waals surface area contributed by atoms with Crippen molar-refractivity contribution in [2.75, 3.05) is 19.8 Å². The second-order valence-electron chi connectivity index (χ2n) is 4.39. The van der Waals surface area contributed by atoms with Gasteiger partial charge in [-0.15, -0.1) is 0 Å². The van der Waals surface area contributed by atoms with Crippen LogP contribution in [0.4, 0.5) is 0 Å². The summed E-state index contributed by atoms with van der Waals surface area (Å²) in [6.45, 7) is 3.40. The van der Waals surface area contributed by atoms with Gasteiger partial charge in [-0.3, -0.25) is 4.79 Å². The van der Waals surface area contributed by atoms with Gasteiger partial charge in [-0.25, -0.2) is 0 Å². The van der Waals surface area contributed by atoms with Crippen molar-refractivity contribution in [3.63, 3.8) is 0 Å². The fourth-order valence-electron chi connectivity index (χ4n) is 1.74. The molecule has 0 atom stereocenters. The third kappa shape index (κ3) is 5.36. The molecule has 22 heavy (non-hydrogen) atoms. The fourth-order valence-corrected chi connectivity index (χ4v) is 1.74. The molecule has 5 nitrogen and oxygen atoms in total. The lowest BCUT2D eigenvalue weighted by atomic mass is 10.3. The number of rotatable bonds is 8. The van der Waals surface area contributed by atoms with Gasteiger partial charge in [0.1, 0.15) is 23.9 Å². The van der Waals surface area contributed by atoms with E-state index in [0.29, 0.717) is 25.5 Å². The van der Waals surface area contributed by atoms with Crippen LogP contribution in [-0.2, 0) is 4.79 Å². The first kappa shape index (κ1) is 15.7. The van der Waals surface area contributed by atoms with E-state index < -0.39 is 0 Å².